The molecule has 0 aromatic heterocycles. The minimum atomic E-state index is -3.92. The molecule has 8 nitrogen and oxygen atoms in total. The molecule has 0 saturated heterocycles. The molecular formula is C18H23NO7S. The van der Waals surface area contributed by atoms with Crippen molar-refractivity contribution < 1.29 is 32.7 Å². The highest BCUT2D eigenvalue weighted by Gasteiger charge is 2.37. The second-order valence-corrected chi connectivity index (χ2v) is 8.81. The molecule has 0 saturated carbocycles. The molecule has 0 aliphatic heterocycles. The molecule has 0 spiro atoms. The molecule has 0 heterocycles. The number of anilines is 1. The van der Waals surface area contributed by atoms with Gasteiger partial charge in [-0.25, -0.2) is 8.42 Å². The first-order chi connectivity index (χ1) is 12.4. The molecule has 1 aromatic rings. The summed E-state index contributed by atoms with van der Waals surface area (Å²) in [5.41, 5.74) is 1.23. The molecule has 1 unspecified atom stereocenters. The SMILES string of the molecule is CC(=O)C(C(C)=O)S(=O)(=O)C(C)CCc1ccc(NC(=O)CC(=O)O)cc1. The number of aryl methyl sites for hydroxylation is 1. The van der Waals surface area contributed by atoms with E-state index in [-0.39, 0.29) is 6.42 Å². The van der Waals surface area contributed by atoms with E-state index in [0.717, 1.165) is 19.4 Å². The Labute approximate surface area is 157 Å². The maximum Gasteiger partial charge on any atom is 0.312 e. The zero-order valence-corrected chi connectivity index (χ0v) is 16.2. The van der Waals surface area contributed by atoms with Crippen LogP contribution in [0.2, 0.25) is 0 Å². The molecule has 0 aliphatic carbocycles. The van der Waals surface area contributed by atoms with Gasteiger partial charge in [-0.3, -0.25) is 19.2 Å². The molecule has 148 valence electrons. The van der Waals surface area contributed by atoms with Crippen molar-refractivity contribution in [2.24, 2.45) is 0 Å². The van der Waals surface area contributed by atoms with Crippen LogP contribution in [-0.4, -0.2) is 47.5 Å². The van der Waals surface area contributed by atoms with Gasteiger partial charge >= 0.3 is 5.97 Å². The van der Waals surface area contributed by atoms with Crippen molar-refractivity contribution >= 4 is 39.0 Å². The van der Waals surface area contributed by atoms with Crippen LogP contribution in [0.25, 0.3) is 0 Å². The topological polar surface area (TPSA) is 135 Å². The van der Waals surface area contributed by atoms with Crippen molar-refractivity contribution in [3.05, 3.63) is 29.8 Å². The first kappa shape index (κ1) is 22.5. The maximum atomic E-state index is 12.5. The highest BCUT2D eigenvalue weighted by molar-refractivity contribution is 7.94. The van der Waals surface area contributed by atoms with Crippen molar-refractivity contribution in [3.8, 4) is 0 Å². The lowest BCUT2D eigenvalue weighted by molar-refractivity contribution is -0.139. The molecule has 1 rings (SSSR count). The Hall–Kier alpha value is -2.55. The van der Waals surface area contributed by atoms with E-state index in [1.807, 2.05) is 0 Å². The zero-order valence-electron chi connectivity index (χ0n) is 15.4. The van der Waals surface area contributed by atoms with E-state index < -0.39 is 50.2 Å². The molecule has 1 amide bonds. The number of carboxylic acid groups (broad SMARTS) is 1. The number of carbonyl (C=O) groups excluding carboxylic acids is 3. The summed E-state index contributed by atoms with van der Waals surface area (Å²) in [7, 11) is -3.92. The van der Waals surface area contributed by atoms with Gasteiger partial charge in [0, 0.05) is 5.69 Å². The summed E-state index contributed by atoms with van der Waals surface area (Å²) in [6.45, 7) is 3.65. The van der Waals surface area contributed by atoms with Crippen LogP contribution in [0.1, 0.15) is 39.2 Å². The van der Waals surface area contributed by atoms with Crippen LogP contribution in [0.4, 0.5) is 5.69 Å². The first-order valence-electron chi connectivity index (χ1n) is 8.29. The normalized spacial score (nSPS) is 12.4. The number of benzene rings is 1. The van der Waals surface area contributed by atoms with Gasteiger partial charge in [0.25, 0.3) is 0 Å². The number of hydrogen-bond acceptors (Lipinski definition) is 6. The van der Waals surface area contributed by atoms with Crippen molar-refractivity contribution in [2.45, 2.75) is 50.5 Å². The van der Waals surface area contributed by atoms with Crippen molar-refractivity contribution in [3.63, 3.8) is 0 Å². The highest BCUT2D eigenvalue weighted by atomic mass is 32.2. The Morgan fingerprint density at radius 3 is 2.00 bits per heavy atom. The lowest BCUT2D eigenvalue weighted by Gasteiger charge is -2.18. The Morgan fingerprint density at radius 1 is 1.04 bits per heavy atom. The Balaban J connectivity index is 2.72. The number of sulfone groups is 1. The number of carboxylic acids is 1. The third kappa shape index (κ3) is 6.59. The first-order valence-corrected chi connectivity index (χ1v) is 9.90. The zero-order chi connectivity index (χ0) is 20.8. The van der Waals surface area contributed by atoms with Gasteiger partial charge in [0.05, 0.1) is 5.25 Å². The molecule has 0 fully saturated rings. The fourth-order valence-corrected chi connectivity index (χ4v) is 4.45. The van der Waals surface area contributed by atoms with Gasteiger partial charge in [-0.2, -0.15) is 0 Å². The van der Waals surface area contributed by atoms with E-state index in [2.05, 4.69) is 5.32 Å². The monoisotopic (exact) mass is 397 g/mol. The Bertz CT molecular complexity index is 814. The average molecular weight is 397 g/mol. The molecule has 27 heavy (non-hydrogen) atoms. The third-order valence-electron chi connectivity index (χ3n) is 4.02. The summed E-state index contributed by atoms with van der Waals surface area (Å²) in [5.74, 6) is -3.24. The maximum absolute atomic E-state index is 12.5. The van der Waals surface area contributed by atoms with Gasteiger partial charge in [0.1, 0.15) is 6.42 Å². The fourth-order valence-electron chi connectivity index (χ4n) is 2.61. The van der Waals surface area contributed by atoms with E-state index in [9.17, 15) is 27.6 Å². The predicted molar refractivity (Wildman–Crippen MR) is 99.2 cm³/mol. The van der Waals surface area contributed by atoms with Crippen molar-refractivity contribution in [2.75, 3.05) is 5.32 Å². The molecule has 2 N–H and O–H groups in total. The summed E-state index contributed by atoms with van der Waals surface area (Å²) < 4.78 is 24.9. The number of Topliss-reactive ketones (excluding diaryl/α,β-unsaturated/α-hetero) is 2. The van der Waals surface area contributed by atoms with E-state index >= 15 is 0 Å². The summed E-state index contributed by atoms with van der Waals surface area (Å²) in [6, 6.07) is 6.54. The Kier molecular flexibility index (Phi) is 7.83. The van der Waals surface area contributed by atoms with Crippen LogP contribution in [-0.2, 0) is 35.4 Å². The summed E-state index contributed by atoms with van der Waals surface area (Å²) in [5, 5.41) is 8.49. The van der Waals surface area contributed by atoms with Crippen LogP contribution >= 0.6 is 0 Å². The van der Waals surface area contributed by atoms with E-state index in [0.29, 0.717) is 12.1 Å². The van der Waals surface area contributed by atoms with Gasteiger partial charge in [-0.15, -0.1) is 0 Å². The summed E-state index contributed by atoms with van der Waals surface area (Å²) >= 11 is 0. The van der Waals surface area contributed by atoms with Crippen LogP contribution < -0.4 is 5.32 Å². The van der Waals surface area contributed by atoms with Crippen molar-refractivity contribution in [1.29, 1.82) is 0 Å². The quantitative estimate of drug-likeness (QED) is 0.569. The van der Waals surface area contributed by atoms with E-state index in [4.69, 9.17) is 5.11 Å². The van der Waals surface area contributed by atoms with Crippen LogP contribution in [0.3, 0.4) is 0 Å². The number of amides is 1. The number of carbonyl (C=O) groups is 4. The van der Waals surface area contributed by atoms with Gasteiger partial charge in [0.2, 0.25) is 5.91 Å². The molecule has 0 aliphatic rings. The Morgan fingerprint density at radius 2 is 1.56 bits per heavy atom. The number of rotatable bonds is 10. The molecule has 9 heteroatoms. The number of nitrogens with one attached hydrogen (secondary N) is 1. The molecule has 1 aromatic carbocycles. The fraction of sp³-hybridized carbons (Fsp3) is 0.444. The third-order valence-corrected chi connectivity index (χ3v) is 6.70. The second-order valence-electron chi connectivity index (χ2n) is 6.36. The molecular weight excluding hydrogens is 374 g/mol. The number of ketones is 2. The van der Waals surface area contributed by atoms with Gasteiger partial charge in [0.15, 0.2) is 26.7 Å². The smallest absolute Gasteiger partial charge is 0.312 e. The minimum absolute atomic E-state index is 0.226. The molecule has 1 atom stereocenters. The van der Waals surface area contributed by atoms with Gasteiger partial charge in [-0.05, 0) is 51.3 Å². The van der Waals surface area contributed by atoms with Gasteiger partial charge < -0.3 is 10.4 Å². The molecule has 0 radical (unpaired) electrons. The standard InChI is InChI=1S/C18H23NO7S/c1-11(27(25,26)18(12(2)20)13(3)21)4-5-14-6-8-15(9-7-14)19-16(22)10-17(23)24/h6-9,11,18H,4-5,10H2,1-3H3,(H,19,22)(H,23,24). The van der Waals surface area contributed by atoms with Crippen LogP contribution in [0, 0.1) is 0 Å². The lowest BCUT2D eigenvalue weighted by atomic mass is 10.1. The molecule has 0 bridgehead atoms. The van der Waals surface area contributed by atoms with Gasteiger partial charge in [-0.1, -0.05) is 12.1 Å². The highest BCUT2D eigenvalue weighted by Crippen LogP contribution is 2.18. The average Bonchev–Trinajstić information content (AvgIpc) is 2.51. The van der Waals surface area contributed by atoms with E-state index in [1.54, 1.807) is 24.3 Å². The minimum Gasteiger partial charge on any atom is -0.481 e. The largest absolute Gasteiger partial charge is 0.481 e. The predicted octanol–water partition coefficient (Wildman–Crippen LogP) is 1.38. The van der Waals surface area contributed by atoms with Crippen molar-refractivity contribution in [1.82, 2.24) is 0 Å². The lowest BCUT2D eigenvalue weighted by Crippen LogP contribution is -2.40. The van der Waals surface area contributed by atoms with Crippen LogP contribution in [0.15, 0.2) is 24.3 Å². The second kappa shape index (κ2) is 9.40. The van der Waals surface area contributed by atoms with E-state index in [1.165, 1.54) is 6.92 Å². The summed E-state index contributed by atoms with van der Waals surface area (Å²) in [6.07, 6.45) is -0.0129. The van der Waals surface area contributed by atoms with Crippen LogP contribution in [0.5, 0.6) is 0 Å². The number of aliphatic carboxylic acids is 1. The summed E-state index contributed by atoms with van der Waals surface area (Å²) in [4.78, 5) is 44.9. The number of hydrogen-bond donors (Lipinski definition) is 2.